The van der Waals surface area contributed by atoms with Crippen molar-refractivity contribution in [1.29, 1.82) is 0 Å². The molecule has 1 saturated heterocycles. The molecule has 132 valence electrons. The first-order chi connectivity index (χ1) is 12.7. The molecule has 4 rings (SSSR count). The summed E-state index contributed by atoms with van der Waals surface area (Å²) in [6.07, 6.45) is 3.62. The van der Waals surface area contributed by atoms with E-state index in [1.54, 1.807) is 10.9 Å². The molecule has 1 fully saturated rings. The molecular formula is C20H19ClN4O. The highest BCUT2D eigenvalue weighted by atomic mass is 35.5. The molecule has 0 atom stereocenters. The molecule has 5 nitrogen and oxygen atoms in total. The number of carbonyl (C=O) groups excluding carboxylic acids is 1. The van der Waals surface area contributed by atoms with Crippen LogP contribution in [0.2, 0.25) is 5.02 Å². The standard InChI is InChI=1S/C20H19ClN4O/c21-17-3-1-4-19(15-17)23-11-13-24(14-12-23)20(26)16-5-7-18(8-6-16)25-10-2-9-22-25/h1-10,15H,11-14H2. The van der Waals surface area contributed by atoms with Crippen LogP contribution in [0.15, 0.2) is 67.0 Å². The number of piperazine rings is 1. The van der Waals surface area contributed by atoms with Crippen molar-refractivity contribution in [1.82, 2.24) is 14.7 Å². The van der Waals surface area contributed by atoms with Gasteiger partial charge < -0.3 is 9.80 Å². The summed E-state index contributed by atoms with van der Waals surface area (Å²) < 4.78 is 1.78. The van der Waals surface area contributed by atoms with Crippen molar-refractivity contribution in [3.8, 4) is 5.69 Å². The van der Waals surface area contributed by atoms with E-state index < -0.39 is 0 Å². The third-order valence-corrected chi connectivity index (χ3v) is 4.86. The molecule has 0 saturated carbocycles. The van der Waals surface area contributed by atoms with Gasteiger partial charge >= 0.3 is 0 Å². The minimum atomic E-state index is 0.0720. The number of anilines is 1. The first kappa shape index (κ1) is 16.7. The van der Waals surface area contributed by atoms with Crippen LogP contribution in [0.3, 0.4) is 0 Å². The third-order valence-electron chi connectivity index (χ3n) is 4.62. The van der Waals surface area contributed by atoms with Crippen molar-refractivity contribution in [3.63, 3.8) is 0 Å². The molecule has 3 aromatic rings. The summed E-state index contributed by atoms with van der Waals surface area (Å²) in [6.45, 7) is 3.01. The molecule has 0 unspecified atom stereocenters. The van der Waals surface area contributed by atoms with E-state index in [1.807, 2.05) is 59.6 Å². The predicted octanol–water partition coefficient (Wildman–Crippen LogP) is 3.49. The van der Waals surface area contributed by atoms with Crippen LogP contribution in [0.4, 0.5) is 5.69 Å². The smallest absolute Gasteiger partial charge is 0.253 e. The topological polar surface area (TPSA) is 41.4 Å². The van der Waals surface area contributed by atoms with Crippen LogP contribution >= 0.6 is 11.6 Å². The highest BCUT2D eigenvalue weighted by Gasteiger charge is 2.22. The van der Waals surface area contributed by atoms with Crippen LogP contribution in [-0.4, -0.2) is 46.8 Å². The first-order valence-electron chi connectivity index (χ1n) is 8.60. The van der Waals surface area contributed by atoms with E-state index in [-0.39, 0.29) is 5.91 Å². The van der Waals surface area contributed by atoms with Crippen molar-refractivity contribution >= 4 is 23.2 Å². The average molecular weight is 367 g/mol. The largest absolute Gasteiger partial charge is 0.368 e. The van der Waals surface area contributed by atoms with Gasteiger partial charge in [-0.05, 0) is 48.5 Å². The fourth-order valence-electron chi connectivity index (χ4n) is 3.20. The molecule has 2 heterocycles. The van der Waals surface area contributed by atoms with Crippen LogP contribution < -0.4 is 4.90 Å². The molecule has 6 heteroatoms. The minimum Gasteiger partial charge on any atom is -0.368 e. The van der Waals surface area contributed by atoms with E-state index in [2.05, 4.69) is 16.1 Å². The summed E-state index contributed by atoms with van der Waals surface area (Å²) >= 11 is 6.08. The Morgan fingerprint density at radius 1 is 0.923 bits per heavy atom. The lowest BCUT2D eigenvalue weighted by Crippen LogP contribution is -2.48. The highest BCUT2D eigenvalue weighted by molar-refractivity contribution is 6.30. The Morgan fingerprint density at radius 2 is 1.69 bits per heavy atom. The molecule has 2 aromatic carbocycles. The lowest BCUT2D eigenvalue weighted by atomic mass is 10.1. The molecule has 0 radical (unpaired) electrons. The van der Waals surface area contributed by atoms with E-state index in [0.717, 1.165) is 29.5 Å². The number of carbonyl (C=O) groups is 1. The van der Waals surface area contributed by atoms with E-state index in [4.69, 9.17) is 11.6 Å². The molecule has 0 N–H and O–H groups in total. The number of benzene rings is 2. The van der Waals surface area contributed by atoms with Crippen LogP contribution in [0.5, 0.6) is 0 Å². The number of hydrogen-bond acceptors (Lipinski definition) is 3. The zero-order valence-corrected chi connectivity index (χ0v) is 15.0. The molecule has 0 aliphatic carbocycles. The zero-order chi connectivity index (χ0) is 17.9. The van der Waals surface area contributed by atoms with Gasteiger partial charge in [-0.2, -0.15) is 5.10 Å². The number of rotatable bonds is 3. The molecule has 0 spiro atoms. The monoisotopic (exact) mass is 366 g/mol. The summed E-state index contributed by atoms with van der Waals surface area (Å²) in [6, 6.07) is 17.3. The lowest BCUT2D eigenvalue weighted by Gasteiger charge is -2.36. The number of aromatic nitrogens is 2. The van der Waals surface area contributed by atoms with Crippen LogP contribution in [0, 0.1) is 0 Å². The highest BCUT2D eigenvalue weighted by Crippen LogP contribution is 2.21. The second-order valence-electron chi connectivity index (χ2n) is 6.26. The van der Waals surface area contributed by atoms with Crippen molar-refractivity contribution in [2.75, 3.05) is 31.1 Å². The third kappa shape index (κ3) is 3.44. The summed E-state index contributed by atoms with van der Waals surface area (Å²) in [5.41, 5.74) is 2.75. The molecule has 1 aliphatic heterocycles. The SMILES string of the molecule is O=C(c1ccc(-n2cccn2)cc1)N1CCN(c2cccc(Cl)c2)CC1. The molecule has 1 aromatic heterocycles. The van der Waals surface area contributed by atoms with Gasteiger partial charge in [-0.1, -0.05) is 17.7 Å². The Kier molecular flexibility index (Phi) is 4.63. The van der Waals surface area contributed by atoms with Crippen LogP contribution in [-0.2, 0) is 0 Å². The fourth-order valence-corrected chi connectivity index (χ4v) is 3.39. The summed E-state index contributed by atoms with van der Waals surface area (Å²) in [4.78, 5) is 16.9. The van der Waals surface area contributed by atoms with E-state index in [9.17, 15) is 4.79 Å². The number of hydrogen-bond donors (Lipinski definition) is 0. The zero-order valence-electron chi connectivity index (χ0n) is 14.3. The maximum Gasteiger partial charge on any atom is 0.253 e. The molecule has 26 heavy (non-hydrogen) atoms. The Morgan fingerprint density at radius 3 is 2.35 bits per heavy atom. The maximum absolute atomic E-state index is 12.8. The maximum atomic E-state index is 12.8. The van der Waals surface area contributed by atoms with Gasteiger partial charge in [0.15, 0.2) is 0 Å². The number of nitrogens with zero attached hydrogens (tertiary/aromatic N) is 4. The first-order valence-corrected chi connectivity index (χ1v) is 8.98. The van der Waals surface area contributed by atoms with Gasteiger partial charge in [-0.25, -0.2) is 4.68 Å². The summed E-state index contributed by atoms with van der Waals surface area (Å²) in [7, 11) is 0. The van der Waals surface area contributed by atoms with Crippen molar-refractivity contribution in [2.45, 2.75) is 0 Å². The van der Waals surface area contributed by atoms with Crippen molar-refractivity contribution in [2.24, 2.45) is 0 Å². The van der Waals surface area contributed by atoms with E-state index in [0.29, 0.717) is 18.7 Å². The molecule has 1 amide bonds. The Hall–Kier alpha value is -2.79. The quantitative estimate of drug-likeness (QED) is 0.712. The van der Waals surface area contributed by atoms with Gasteiger partial charge in [-0.3, -0.25) is 4.79 Å². The average Bonchev–Trinajstić information content (AvgIpc) is 3.23. The van der Waals surface area contributed by atoms with E-state index in [1.165, 1.54) is 0 Å². The van der Waals surface area contributed by atoms with Gasteiger partial charge in [-0.15, -0.1) is 0 Å². The number of amides is 1. The molecular weight excluding hydrogens is 348 g/mol. The molecule has 1 aliphatic rings. The Bertz CT molecular complexity index is 884. The summed E-state index contributed by atoms with van der Waals surface area (Å²) in [5.74, 6) is 0.0720. The van der Waals surface area contributed by atoms with Gasteiger partial charge in [0, 0.05) is 54.8 Å². The van der Waals surface area contributed by atoms with E-state index >= 15 is 0 Å². The minimum absolute atomic E-state index is 0.0720. The Balaban J connectivity index is 1.40. The number of halogens is 1. The van der Waals surface area contributed by atoms with Gasteiger partial charge in [0.25, 0.3) is 5.91 Å². The van der Waals surface area contributed by atoms with Crippen molar-refractivity contribution in [3.05, 3.63) is 77.6 Å². The molecule has 0 bridgehead atoms. The van der Waals surface area contributed by atoms with Gasteiger partial charge in [0.1, 0.15) is 0 Å². The van der Waals surface area contributed by atoms with Gasteiger partial charge in [0.2, 0.25) is 0 Å². The van der Waals surface area contributed by atoms with Crippen LogP contribution in [0.25, 0.3) is 5.69 Å². The summed E-state index contributed by atoms with van der Waals surface area (Å²) in [5, 5.41) is 4.94. The van der Waals surface area contributed by atoms with Crippen LogP contribution in [0.1, 0.15) is 10.4 Å². The lowest BCUT2D eigenvalue weighted by molar-refractivity contribution is 0.0747. The Labute approximate surface area is 157 Å². The van der Waals surface area contributed by atoms with Gasteiger partial charge in [0.05, 0.1) is 5.69 Å². The second kappa shape index (κ2) is 7.22. The fraction of sp³-hybridized carbons (Fsp3) is 0.200. The predicted molar refractivity (Wildman–Crippen MR) is 103 cm³/mol. The van der Waals surface area contributed by atoms with Crippen molar-refractivity contribution < 1.29 is 4.79 Å². The normalized spacial score (nSPS) is 14.5. The second-order valence-corrected chi connectivity index (χ2v) is 6.69.